The Morgan fingerprint density at radius 1 is 0.971 bits per heavy atom. The zero-order valence-electron chi connectivity index (χ0n) is 16.9. The summed E-state index contributed by atoms with van der Waals surface area (Å²) in [6, 6.07) is 5.93. The van der Waals surface area contributed by atoms with E-state index < -0.39 is 5.91 Å². The molecule has 34 heavy (non-hydrogen) atoms. The number of hydrogen-bond donors (Lipinski definition) is 1. The molecule has 0 aliphatic carbocycles. The van der Waals surface area contributed by atoms with Gasteiger partial charge in [0.1, 0.15) is 17.5 Å². The number of carbonyl (C=O) groups is 1. The van der Waals surface area contributed by atoms with Crippen molar-refractivity contribution in [2.24, 2.45) is 0 Å². The van der Waals surface area contributed by atoms with E-state index in [0.717, 1.165) is 4.90 Å². The largest absolute Gasteiger partial charge is 0.382 e. The normalized spacial score (nSPS) is 11.0. The summed E-state index contributed by atoms with van der Waals surface area (Å²) in [5.41, 5.74) is 7.44. The molecule has 0 bridgehead atoms. The highest BCUT2D eigenvalue weighted by atomic mass is 35.5. The summed E-state index contributed by atoms with van der Waals surface area (Å²) in [6.45, 7) is 1.61. The monoisotopic (exact) mass is 575 g/mol. The predicted octanol–water partition coefficient (Wildman–Crippen LogP) is 7.92. The smallest absolute Gasteiger partial charge is 0.269 e. The standard InChI is InChI=1S/C21H11Cl6N5O2/c1-8-12(7-34-31-8)21(33)32(15-5-10(23)4-14(25)18(15)27)16-6-29-19(20(28)30-16)11-2-9(22)3-13(24)17(11)26/h2-7H,1H3,(H2,28,30). The van der Waals surface area contributed by atoms with Gasteiger partial charge >= 0.3 is 0 Å². The fraction of sp³-hybridized carbons (Fsp3) is 0.0476. The van der Waals surface area contributed by atoms with Gasteiger partial charge in [0.15, 0.2) is 11.6 Å². The number of carbonyl (C=O) groups excluding carboxylic acids is 1. The van der Waals surface area contributed by atoms with Gasteiger partial charge in [0.05, 0.1) is 37.7 Å². The fourth-order valence-electron chi connectivity index (χ4n) is 3.10. The van der Waals surface area contributed by atoms with Gasteiger partial charge in [0.2, 0.25) is 0 Å². The van der Waals surface area contributed by atoms with Gasteiger partial charge in [-0.2, -0.15) is 0 Å². The summed E-state index contributed by atoms with van der Waals surface area (Å²) in [4.78, 5) is 23.4. The Bertz CT molecular complexity index is 1440. The molecule has 2 aromatic carbocycles. The van der Waals surface area contributed by atoms with E-state index in [1.165, 1.54) is 30.7 Å². The van der Waals surface area contributed by atoms with Gasteiger partial charge < -0.3 is 10.3 Å². The molecule has 0 fully saturated rings. The third kappa shape index (κ3) is 4.64. The van der Waals surface area contributed by atoms with Crippen molar-refractivity contribution in [2.75, 3.05) is 10.6 Å². The van der Waals surface area contributed by atoms with Gasteiger partial charge in [-0.15, -0.1) is 0 Å². The minimum atomic E-state index is -0.579. The van der Waals surface area contributed by atoms with Crippen molar-refractivity contribution in [1.82, 2.24) is 15.1 Å². The molecule has 174 valence electrons. The number of nitrogen functional groups attached to an aromatic ring is 1. The number of rotatable bonds is 4. The maximum atomic E-state index is 13.5. The average Bonchev–Trinajstić information content (AvgIpc) is 3.20. The summed E-state index contributed by atoms with van der Waals surface area (Å²) in [5, 5.41) is 4.92. The zero-order chi connectivity index (χ0) is 24.7. The molecule has 2 heterocycles. The average molecular weight is 578 g/mol. The van der Waals surface area contributed by atoms with Crippen molar-refractivity contribution >= 4 is 92.8 Å². The molecule has 0 atom stereocenters. The SMILES string of the molecule is Cc1nocc1C(=O)N(c1cnc(-c2cc(Cl)cc(Cl)c2Cl)c(N)n1)c1cc(Cl)cc(Cl)c1Cl. The highest BCUT2D eigenvalue weighted by molar-refractivity contribution is 6.46. The van der Waals surface area contributed by atoms with E-state index >= 15 is 0 Å². The molecule has 2 aromatic heterocycles. The van der Waals surface area contributed by atoms with Crippen LogP contribution in [0.1, 0.15) is 16.1 Å². The predicted molar refractivity (Wildman–Crippen MR) is 136 cm³/mol. The van der Waals surface area contributed by atoms with E-state index in [1.807, 2.05) is 0 Å². The molecule has 0 aliphatic rings. The minimum absolute atomic E-state index is 0.0244. The first-order valence-electron chi connectivity index (χ1n) is 9.26. The molecule has 7 nitrogen and oxygen atoms in total. The maximum Gasteiger partial charge on any atom is 0.269 e. The van der Waals surface area contributed by atoms with E-state index in [2.05, 4.69) is 15.1 Å². The van der Waals surface area contributed by atoms with Crippen LogP contribution in [0.2, 0.25) is 30.1 Å². The number of halogens is 6. The lowest BCUT2D eigenvalue weighted by atomic mass is 10.1. The molecule has 0 unspecified atom stereocenters. The summed E-state index contributed by atoms with van der Waals surface area (Å²) in [7, 11) is 0. The van der Waals surface area contributed by atoms with Crippen molar-refractivity contribution in [3.8, 4) is 11.3 Å². The van der Waals surface area contributed by atoms with E-state index in [4.69, 9.17) is 79.9 Å². The van der Waals surface area contributed by atoms with Gasteiger partial charge in [-0.3, -0.25) is 9.69 Å². The summed E-state index contributed by atoms with van der Waals surface area (Å²) in [6.07, 6.45) is 2.51. The van der Waals surface area contributed by atoms with Crippen molar-refractivity contribution in [2.45, 2.75) is 6.92 Å². The van der Waals surface area contributed by atoms with Crippen LogP contribution < -0.4 is 10.6 Å². The van der Waals surface area contributed by atoms with Gasteiger partial charge in [-0.25, -0.2) is 9.97 Å². The molecular formula is C21H11Cl6N5O2. The minimum Gasteiger partial charge on any atom is -0.382 e. The molecule has 0 saturated heterocycles. The number of amides is 1. The number of benzene rings is 2. The Morgan fingerprint density at radius 2 is 1.62 bits per heavy atom. The van der Waals surface area contributed by atoms with E-state index in [1.54, 1.807) is 13.0 Å². The second-order valence-electron chi connectivity index (χ2n) is 6.89. The molecular weight excluding hydrogens is 567 g/mol. The maximum absolute atomic E-state index is 13.5. The van der Waals surface area contributed by atoms with Crippen molar-refractivity contribution in [3.05, 3.63) is 78.1 Å². The van der Waals surface area contributed by atoms with Crippen LogP contribution >= 0.6 is 69.6 Å². The Morgan fingerprint density at radius 3 is 2.24 bits per heavy atom. The molecule has 1 amide bonds. The van der Waals surface area contributed by atoms with Crippen molar-refractivity contribution in [3.63, 3.8) is 0 Å². The summed E-state index contributed by atoms with van der Waals surface area (Å²) >= 11 is 37.4. The lowest BCUT2D eigenvalue weighted by Crippen LogP contribution is -2.28. The third-order valence-electron chi connectivity index (χ3n) is 4.66. The number of hydrogen-bond acceptors (Lipinski definition) is 6. The molecule has 13 heteroatoms. The first kappa shape index (κ1) is 24.9. The van der Waals surface area contributed by atoms with Crippen LogP contribution in [-0.4, -0.2) is 21.0 Å². The second kappa shape index (κ2) is 9.77. The van der Waals surface area contributed by atoms with E-state index in [9.17, 15) is 4.79 Å². The Balaban J connectivity index is 1.91. The van der Waals surface area contributed by atoms with Crippen molar-refractivity contribution in [1.29, 1.82) is 0 Å². The summed E-state index contributed by atoms with van der Waals surface area (Å²) in [5.74, 6) is -0.609. The van der Waals surface area contributed by atoms with Crippen LogP contribution in [-0.2, 0) is 0 Å². The number of aromatic nitrogens is 3. The Labute approximate surface area is 223 Å². The second-order valence-corrected chi connectivity index (χ2v) is 9.33. The molecule has 0 radical (unpaired) electrons. The van der Waals surface area contributed by atoms with Gasteiger partial charge in [0.25, 0.3) is 5.91 Å². The summed E-state index contributed by atoms with van der Waals surface area (Å²) < 4.78 is 4.92. The highest BCUT2D eigenvalue weighted by Crippen LogP contribution is 2.41. The van der Waals surface area contributed by atoms with E-state index in [-0.39, 0.29) is 53.7 Å². The lowest BCUT2D eigenvalue weighted by Gasteiger charge is -2.23. The molecule has 4 aromatic rings. The van der Waals surface area contributed by atoms with E-state index in [0.29, 0.717) is 16.3 Å². The van der Waals surface area contributed by atoms with Gasteiger partial charge in [0, 0.05) is 15.6 Å². The topological polar surface area (TPSA) is 98.1 Å². The number of aryl methyl sites for hydroxylation is 1. The zero-order valence-corrected chi connectivity index (χ0v) is 21.5. The first-order valence-corrected chi connectivity index (χ1v) is 11.5. The molecule has 2 N–H and O–H groups in total. The molecule has 0 saturated carbocycles. The van der Waals surface area contributed by atoms with Crippen LogP contribution in [0.15, 0.2) is 41.2 Å². The van der Waals surface area contributed by atoms with Crippen LogP contribution in [0.4, 0.5) is 17.3 Å². The molecule has 0 aliphatic heterocycles. The molecule has 0 spiro atoms. The highest BCUT2D eigenvalue weighted by Gasteiger charge is 2.28. The van der Waals surface area contributed by atoms with Crippen LogP contribution in [0.3, 0.4) is 0 Å². The third-order valence-corrected chi connectivity index (χ3v) is 6.69. The van der Waals surface area contributed by atoms with Gasteiger partial charge in [-0.1, -0.05) is 74.8 Å². The Hall–Kier alpha value is -2.26. The molecule has 4 rings (SSSR count). The fourth-order valence-corrected chi connectivity index (χ4v) is 4.47. The van der Waals surface area contributed by atoms with Crippen molar-refractivity contribution < 1.29 is 9.32 Å². The first-order chi connectivity index (χ1) is 16.1. The number of nitrogens with two attached hydrogens (primary N) is 1. The number of anilines is 3. The lowest BCUT2D eigenvalue weighted by molar-refractivity contribution is 0.0997. The van der Waals surface area contributed by atoms with Crippen LogP contribution in [0, 0.1) is 6.92 Å². The number of nitrogens with zero attached hydrogens (tertiary/aromatic N) is 4. The van der Waals surface area contributed by atoms with Crippen LogP contribution in [0.5, 0.6) is 0 Å². The Kier molecular flexibility index (Phi) is 7.14. The quantitative estimate of drug-likeness (QED) is 0.247. The van der Waals surface area contributed by atoms with Crippen LogP contribution in [0.25, 0.3) is 11.3 Å². The van der Waals surface area contributed by atoms with Gasteiger partial charge in [-0.05, 0) is 31.2 Å².